The van der Waals surface area contributed by atoms with Crippen LogP contribution in [0.3, 0.4) is 0 Å². The quantitative estimate of drug-likeness (QED) is 0.398. The van der Waals surface area contributed by atoms with Gasteiger partial charge in [-0.3, -0.25) is 19.7 Å². The lowest BCUT2D eigenvalue weighted by Crippen LogP contribution is -2.04. The molecule has 2 aromatic carbocycles. The summed E-state index contributed by atoms with van der Waals surface area (Å²) in [6.45, 7) is 0. The van der Waals surface area contributed by atoms with E-state index in [1.165, 1.54) is 0 Å². The van der Waals surface area contributed by atoms with Crippen LogP contribution in [-0.2, 0) is 0 Å². The van der Waals surface area contributed by atoms with E-state index >= 15 is 0 Å². The van der Waals surface area contributed by atoms with E-state index in [-0.39, 0.29) is 17.4 Å². The molecule has 0 spiro atoms. The molecule has 0 amide bonds. The first-order valence-corrected chi connectivity index (χ1v) is 5.61. The Hall–Kier alpha value is -3.02. The smallest absolute Gasteiger partial charge is 0.312 e. The first-order chi connectivity index (χ1) is 9.54. The highest BCUT2D eigenvalue weighted by molar-refractivity contribution is 6.10. The molecule has 2 rings (SSSR count). The lowest BCUT2D eigenvalue weighted by atomic mass is 10.00. The Labute approximate surface area is 113 Å². The van der Waals surface area contributed by atoms with Crippen LogP contribution >= 0.6 is 0 Å². The van der Waals surface area contributed by atoms with E-state index in [0.29, 0.717) is 5.56 Å². The van der Waals surface area contributed by atoms with Crippen LogP contribution in [0.15, 0.2) is 42.5 Å². The summed E-state index contributed by atoms with van der Waals surface area (Å²) in [6, 6.07) is 10.2. The number of benzene rings is 2. The van der Waals surface area contributed by atoms with E-state index < -0.39 is 22.1 Å². The van der Waals surface area contributed by atoms with Crippen molar-refractivity contribution in [1.82, 2.24) is 0 Å². The van der Waals surface area contributed by atoms with E-state index in [1.54, 1.807) is 30.3 Å². The molecule has 0 bridgehead atoms. The highest BCUT2D eigenvalue weighted by Gasteiger charge is 2.21. The van der Waals surface area contributed by atoms with Crippen molar-refractivity contribution in [3.63, 3.8) is 0 Å². The molecule has 100 valence electrons. The molecular weight excluding hydrogens is 262 g/mol. The third kappa shape index (κ3) is 2.39. The zero-order valence-corrected chi connectivity index (χ0v) is 10.1. The SMILES string of the molecule is O=Cc1cc(C(=O)c2ccccc2)cc([N+](=O)[O-])c1O. The fourth-order valence-electron chi connectivity index (χ4n) is 1.76. The third-order valence-electron chi connectivity index (χ3n) is 2.74. The number of hydrogen-bond donors (Lipinski definition) is 1. The summed E-state index contributed by atoms with van der Waals surface area (Å²) < 4.78 is 0. The number of carbonyl (C=O) groups is 2. The second kappa shape index (κ2) is 5.31. The van der Waals surface area contributed by atoms with Gasteiger partial charge in [-0.15, -0.1) is 0 Å². The van der Waals surface area contributed by atoms with E-state index in [1.807, 2.05) is 0 Å². The van der Waals surface area contributed by atoms with Crippen molar-refractivity contribution >= 4 is 17.8 Å². The van der Waals surface area contributed by atoms with E-state index in [4.69, 9.17) is 0 Å². The number of hydrogen-bond acceptors (Lipinski definition) is 5. The van der Waals surface area contributed by atoms with Gasteiger partial charge in [-0.1, -0.05) is 30.3 Å². The molecule has 0 aliphatic rings. The fraction of sp³-hybridized carbons (Fsp3) is 0. The zero-order chi connectivity index (χ0) is 14.7. The van der Waals surface area contributed by atoms with Gasteiger partial charge in [0.2, 0.25) is 5.75 Å². The first-order valence-electron chi connectivity index (χ1n) is 5.61. The van der Waals surface area contributed by atoms with E-state index in [9.17, 15) is 24.8 Å². The summed E-state index contributed by atoms with van der Waals surface area (Å²) in [5, 5.41) is 20.4. The maximum absolute atomic E-state index is 12.2. The standard InChI is InChI=1S/C14H9NO5/c16-8-11-6-10(7-12(14(11)18)15(19)20)13(17)9-4-2-1-3-5-9/h1-8,18H. The number of rotatable bonds is 4. The van der Waals surface area contributed by atoms with Crippen molar-refractivity contribution in [3.8, 4) is 5.75 Å². The van der Waals surface area contributed by atoms with Crippen LogP contribution in [-0.4, -0.2) is 22.1 Å². The molecule has 0 atom stereocenters. The minimum absolute atomic E-state index is 0.0252. The van der Waals surface area contributed by atoms with Crippen LogP contribution < -0.4 is 0 Å². The van der Waals surface area contributed by atoms with Crippen molar-refractivity contribution < 1.29 is 19.6 Å². The lowest BCUT2D eigenvalue weighted by Gasteiger charge is -2.04. The van der Waals surface area contributed by atoms with Crippen LogP contribution in [0.2, 0.25) is 0 Å². The molecule has 0 fully saturated rings. The van der Waals surface area contributed by atoms with Crippen molar-refractivity contribution in [2.75, 3.05) is 0 Å². The Balaban J connectivity index is 2.58. The average molecular weight is 271 g/mol. The summed E-state index contributed by atoms with van der Waals surface area (Å²) in [5.41, 5.74) is -0.653. The van der Waals surface area contributed by atoms with Crippen LogP contribution in [0.25, 0.3) is 0 Å². The molecule has 0 saturated carbocycles. The summed E-state index contributed by atoms with van der Waals surface area (Å²) >= 11 is 0. The second-order valence-electron chi connectivity index (χ2n) is 4.00. The minimum atomic E-state index is -0.843. The number of phenolic OH excluding ortho intramolecular Hbond substituents is 1. The molecule has 6 nitrogen and oxygen atoms in total. The van der Waals surface area contributed by atoms with Crippen molar-refractivity contribution in [2.45, 2.75) is 0 Å². The number of nitro groups is 1. The van der Waals surface area contributed by atoms with Crippen molar-refractivity contribution in [2.24, 2.45) is 0 Å². The number of nitrogens with zero attached hydrogens (tertiary/aromatic N) is 1. The molecule has 0 aromatic heterocycles. The number of carbonyl (C=O) groups excluding carboxylic acids is 2. The Morgan fingerprint density at radius 2 is 1.80 bits per heavy atom. The van der Waals surface area contributed by atoms with Gasteiger partial charge in [0.15, 0.2) is 12.1 Å². The summed E-state index contributed by atoms with van der Waals surface area (Å²) in [4.78, 5) is 33.0. The van der Waals surface area contributed by atoms with E-state index in [0.717, 1.165) is 12.1 Å². The molecule has 0 radical (unpaired) electrons. The predicted octanol–water partition coefficient (Wildman–Crippen LogP) is 2.34. The largest absolute Gasteiger partial charge is 0.502 e. The van der Waals surface area contributed by atoms with Crippen LogP contribution in [0.4, 0.5) is 5.69 Å². The van der Waals surface area contributed by atoms with Crippen LogP contribution in [0, 0.1) is 10.1 Å². The molecule has 0 unspecified atom stereocenters. The van der Waals surface area contributed by atoms with Gasteiger partial charge in [0.05, 0.1) is 10.5 Å². The first kappa shape index (κ1) is 13.4. The molecule has 0 aliphatic heterocycles. The molecule has 1 N–H and O–H groups in total. The van der Waals surface area contributed by atoms with Crippen LogP contribution in [0.1, 0.15) is 26.3 Å². The number of ketones is 1. The summed E-state index contributed by atoms with van der Waals surface area (Å²) in [6.07, 6.45) is 0.268. The number of phenols is 1. The monoisotopic (exact) mass is 271 g/mol. The number of aldehydes is 1. The maximum Gasteiger partial charge on any atom is 0.312 e. The van der Waals surface area contributed by atoms with Gasteiger partial charge in [0.1, 0.15) is 0 Å². The van der Waals surface area contributed by atoms with Crippen molar-refractivity contribution in [3.05, 3.63) is 69.3 Å². The Bertz CT molecular complexity index is 694. The molecule has 20 heavy (non-hydrogen) atoms. The molecule has 2 aromatic rings. The topological polar surface area (TPSA) is 97.5 Å². The lowest BCUT2D eigenvalue weighted by molar-refractivity contribution is -0.385. The highest BCUT2D eigenvalue weighted by atomic mass is 16.6. The van der Waals surface area contributed by atoms with Gasteiger partial charge >= 0.3 is 5.69 Å². The van der Waals surface area contributed by atoms with Gasteiger partial charge in [-0.05, 0) is 6.07 Å². The van der Waals surface area contributed by atoms with Gasteiger partial charge in [-0.2, -0.15) is 0 Å². The van der Waals surface area contributed by atoms with Gasteiger partial charge in [-0.25, -0.2) is 0 Å². The molecule has 6 heteroatoms. The van der Waals surface area contributed by atoms with Crippen molar-refractivity contribution in [1.29, 1.82) is 0 Å². The molecular formula is C14H9NO5. The summed E-state index contributed by atoms with van der Waals surface area (Å²) in [5.74, 6) is -1.20. The second-order valence-corrected chi connectivity index (χ2v) is 4.00. The Kier molecular flexibility index (Phi) is 3.56. The van der Waals surface area contributed by atoms with Gasteiger partial charge < -0.3 is 5.11 Å². The van der Waals surface area contributed by atoms with E-state index in [2.05, 4.69) is 0 Å². The molecule has 0 heterocycles. The maximum atomic E-state index is 12.2. The Morgan fingerprint density at radius 3 is 2.35 bits per heavy atom. The normalized spacial score (nSPS) is 10.0. The predicted molar refractivity (Wildman–Crippen MR) is 70.0 cm³/mol. The minimum Gasteiger partial charge on any atom is -0.502 e. The molecule has 0 aliphatic carbocycles. The fourth-order valence-corrected chi connectivity index (χ4v) is 1.76. The van der Waals surface area contributed by atoms with Gasteiger partial charge in [0.25, 0.3) is 0 Å². The summed E-state index contributed by atoms with van der Waals surface area (Å²) in [7, 11) is 0. The zero-order valence-electron chi connectivity index (χ0n) is 10.1. The van der Waals surface area contributed by atoms with Crippen LogP contribution in [0.5, 0.6) is 5.75 Å². The van der Waals surface area contributed by atoms with Gasteiger partial charge in [0, 0.05) is 17.2 Å². The Morgan fingerprint density at radius 1 is 1.15 bits per heavy atom. The average Bonchev–Trinajstić information content (AvgIpc) is 2.47. The number of aromatic hydroxyl groups is 1. The molecule has 0 saturated heterocycles. The highest BCUT2D eigenvalue weighted by Crippen LogP contribution is 2.31. The third-order valence-corrected chi connectivity index (χ3v) is 2.74. The number of nitro benzene ring substituents is 1.